The van der Waals surface area contributed by atoms with E-state index in [2.05, 4.69) is 20.8 Å². The van der Waals surface area contributed by atoms with Crippen molar-refractivity contribution in [3.63, 3.8) is 0 Å². The highest BCUT2D eigenvalue weighted by molar-refractivity contribution is 6.34. The van der Waals surface area contributed by atoms with Gasteiger partial charge in [-0.25, -0.2) is 14.2 Å². The molecule has 1 N–H and O–H groups in total. The molecular weight excluding hydrogens is 511 g/mol. The van der Waals surface area contributed by atoms with Crippen molar-refractivity contribution in [2.75, 3.05) is 7.11 Å². The van der Waals surface area contributed by atoms with Crippen LogP contribution in [0.1, 0.15) is 40.8 Å². The highest BCUT2D eigenvalue weighted by atomic mass is 35.5. The monoisotopic (exact) mass is 532 g/mol. The van der Waals surface area contributed by atoms with Crippen molar-refractivity contribution in [3.8, 4) is 5.75 Å². The third kappa shape index (κ3) is 4.19. The Hall–Kier alpha value is -4.21. The second kappa shape index (κ2) is 9.59. The minimum Gasteiger partial charge on any atom is -0.488 e. The van der Waals surface area contributed by atoms with E-state index in [0.717, 1.165) is 39.1 Å². The molecule has 38 heavy (non-hydrogen) atoms. The van der Waals surface area contributed by atoms with Crippen LogP contribution in [0.4, 0.5) is 4.39 Å². The lowest BCUT2D eigenvalue weighted by Gasteiger charge is -2.15. The lowest BCUT2D eigenvalue weighted by Crippen LogP contribution is -2.07. The van der Waals surface area contributed by atoms with Crippen LogP contribution in [-0.4, -0.2) is 26.8 Å². The fourth-order valence-corrected chi connectivity index (χ4v) is 5.12. The maximum atomic E-state index is 14.1. The lowest BCUT2D eigenvalue weighted by atomic mass is 9.89. The maximum absolute atomic E-state index is 14.1. The maximum Gasteiger partial charge on any atom is 0.439 e. The number of aromatic nitrogens is 4. The van der Waals surface area contributed by atoms with Gasteiger partial charge in [-0.1, -0.05) is 35.0 Å². The van der Waals surface area contributed by atoms with E-state index in [9.17, 15) is 9.18 Å². The van der Waals surface area contributed by atoms with Gasteiger partial charge in [-0.05, 0) is 59.5 Å². The Kier molecular flexibility index (Phi) is 6.09. The Morgan fingerprint density at radius 1 is 1.18 bits per heavy atom. The van der Waals surface area contributed by atoms with Crippen LogP contribution in [0.15, 0.2) is 63.9 Å². The number of allylic oxidation sites excluding steroid dienone is 1. The van der Waals surface area contributed by atoms with Gasteiger partial charge in [-0.2, -0.15) is 0 Å². The fourth-order valence-electron chi connectivity index (χ4n) is 4.90. The summed E-state index contributed by atoms with van der Waals surface area (Å²) in [7, 11) is 1.63. The molecule has 192 valence electrons. The van der Waals surface area contributed by atoms with E-state index in [0.29, 0.717) is 40.9 Å². The van der Waals surface area contributed by atoms with Gasteiger partial charge in [0.1, 0.15) is 36.1 Å². The van der Waals surface area contributed by atoms with Crippen LogP contribution in [0.2, 0.25) is 5.02 Å². The van der Waals surface area contributed by atoms with Crippen LogP contribution in [0.5, 0.6) is 5.75 Å². The lowest BCUT2D eigenvalue weighted by molar-refractivity contribution is 0.175. The normalized spacial score (nSPS) is 14.1. The van der Waals surface area contributed by atoms with Gasteiger partial charge in [-0.3, -0.25) is 9.51 Å². The molecule has 1 aliphatic rings. The van der Waals surface area contributed by atoms with Crippen LogP contribution >= 0.6 is 11.6 Å². The quantitative estimate of drug-likeness (QED) is 0.318. The molecule has 0 amide bonds. The first-order chi connectivity index (χ1) is 18.4. The van der Waals surface area contributed by atoms with Crippen molar-refractivity contribution in [2.45, 2.75) is 26.7 Å². The number of ether oxygens (including phenoxy) is 2. The summed E-state index contributed by atoms with van der Waals surface area (Å²) < 4.78 is 32.4. The van der Waals surface area contributed by atoms with Crippen LogP contribution in [0.25, 0.3) is 22.2 Å². The highest BCUT2D eigenvalue weighted by Crippen LogP contribution is 2.41. The Morgan fingerprint density at radius 2 is 2.03 bits per heavy atom. The Bertz CT molecular complexity index is 1790. The Morgan fingerprint density at radius 3 is 2.82 bits per heavy atom. The summed E-state index contributed by atoms with van der Waals surface area (Å²) in [5.41, 5.74) is 6.55. The van der Waals surface area contributed by atoms with Gasteiger partial charge >= 0.3 is 5.76 Å². The summed E-state index contributed by atoms with van der Waals surface area (Å²) >= 11 is 6.41. The summed E-state index contributed by atoms with van der Waals surface area (Å²) in [4.78, 5) is 19.0. The SMILES string of the molecule is COCc1nc2c(Cl)cccc2n1Cc1ccc2c(c1)COc1cc(F)ccc1/C2=C(/C)c1noc(=O)[nH]1. The summed E-state index contributed by atoms with van der Waals surface area (Å²) in [6.45, 7) is 2.92. The minimum absolute atomic E-state index is 0.229. The molecule has 0 fully saturated rings. The molecule has 0 saturated heterocycles. The Labute approximate surface area is 221 Å². The summed E-state index contributed by atoms with van der Waals surface area (Å²) in [5, 5.41) is 4.45. The highest BCUT2D eigenvalue weighted by Gasteiger charge is 2.24. The number of aromatic amines is 1. The minimum atomic E-state index is -0.653. The Balaban J connectivity index is 1.48. The topological polar surface area (TPSA) is 95.2 Å². The number of hydrogen-bond acceptors (Lipinski definition) is 6. The van der Waals surface area contributed by atoms with E-state index in [-0.39, 0.29) is 6.61 Å². The van der Waals surface area contributed by atoms with Crippen LogP contribution in [0.3, 0.4) is 0 Å². The average Bonchev–Trinajstić information content (AvgIpc) is 3.45. The smallest absolute Gasteiger partial charge is 0.439 e. The molecule has 0 saturated carbocycles. The molecule has 3 heterocycles. The number of halogens is 2. The largest absolute Gasteiger partial charge is 0.488 e. The first-order valence-electron chi connectivity index (χ1n) is 11.9. The second-order valence-corrected chi connectivity index (χ2v) is 9.43. The molecule has 6 rings (SSSR count). The molecule has 0 unspecified atom stereocenters. The van der Waals surface area contributed by atoms with Gasteiger partial charge in [0.05, 0.1) is 10.5 Å². The number of para-hydroxylation sites is 1. The van der Waals surface area contributed by atoms with E-state index in [4.69, 9.17) is 30.6 Å². The predicted octanol–water partition coefficient (Wildman–Crippen LogP) is 5.57. The van der Waals surface area contributed by atoms with Gasteiger partial charge in [0.15, 0.2) is 5.82 Å². The van der Waals surface area contributed by atoms with Crippen LogP contribution in [0, 0.1) is 5.82 Å². The number of rotatable bonds is 5. The van der Waals surface area contributed by atoms with Gasteiger partial charge in [0.2, 0.25) is 0 Å². The van der Waals surface area contributed by atoms with Gasteiger partial charge in [0.25, 0.3) is 0 Å². The summed E-state index contributed by atoms with van der Waals surface area (Å²) in [6, 6.07) is 16.2. The third-order valence-corrected chi connectivity index (χ3v) is 6.93. The molecular formula is C28H22ClFN4O4. The number of nitrogens with zero attached hydrogens (tertiary/aromatic N) is 3. The zero-order valence-corrected chi connectivity index (χ0v) is 21.3. The molecule has 10 heteroatoms. The van der Waals surface area contributed by atoms with E-state index in [1.54, 1.807) is 13.2 Å². The average molecular weight is 533 g/mol. The van der Waals surface area contributed by atoms with Crippen LogP contribution in [-0.2, 0) is 24.5 Å². The zero-order valence-electron chi connectivity index (χ0n) is 20.5. The number of methoxy groups -OCH3 is 1. The van der Waals surface area contributed by atoms with Crippen molar-refractivity contribution in [1.82, 2.24) is 19.7 Å². The molecule has 0 atom stereocenters. The van der Waals surface area contributed by atoms with Gasteiger partial charge in [0, 0.05) is 30.9 Å². The van der Waals surface area contributed by atoms with Gasteiger partial charge < -0.3 is 14.0 Å². The first-order valence-corrected chi connectivity index (χ1v) is 12.3. The molecule has 0 bridgehead atoms. The number of imidazole rings is 1. The number of nitrogens with one attached hydrogen (secondary N) is 1. The third-order valence-electron chi connectivity index (χ3n) is 6.63. The first kappa shape index (κ1) is 24.1. The molecule has 3 aromatic carbocycles. The summed E-state index contributed by atoms with van der Waals surface area (Å²) in [6.07, 6.45) is 0. The van der Waals surface area contributed by atoms with E-state index in [1.807, 2.05) is 37.3 Å². The standard InChI is InChI=1S/C28H22ClFN4O4/c1-15(27-32-28(35)38-33-27)25-19-8-6-16(10-17(19)13-37-23-11-18(30)7-9-20(23)25)12-34-22-5-3-4-21(29)26(22)31-24(34)14-36-2/h3-11H,12-14H2,1-2H3,(H,32,33,35)/b25-15-. The van der Waals surface area contributed by atoms with Crippen molar-refractivity contribution < 1.29 is 18.4 Å². The number of hydrogen-bond donors (Lipinski definition) is 1. The molecule has 1 aliphatic heterocycles. The fraction of sp³-hybridized carbons (Fsp3) is 0.179. The summed E-state index contributed by atoms with van der Waals surface area (Å²) in [5.74, 6) is 0.401. The van der Waals surface area contributed by atoms with Crippen LogP contribution < -0.4 is 10.5 Å². The number of benzene rings is 3. The van der Waals surface area contributed by atoms with E-state index < -0.39 is 11.6 Å². The molecule has 5 aromatic rings. The second-order valence-electron chi connectivity index (χ2n) is 9.02. The zero-order chi connectivity index (χ0) is 26.4. The van der Waals surface area contributed by atoms with Crippen molar-refractivity contribution in [2.24, 2.45) is 0 Å². The number of fused-ring (bicyclic) bond motifs is 3. The molecule has 8 nitrogen and oxygen atoms in total. The van der Waals surface area contributed by atoms with Gasteiger partial charge in [-0.15, -0.1) is 0 Å². The molecule has 0 radical (unpaired) electrons. The predicted molar refractivity (Wildman–Crippen MR) is 140 cm³/mol. The molecule has 2 aromatic heterocycles. The number of H-pyrrole nitrogens is 1. The van der Waals surface area contributed by atoms with Crippen molar-refractivity contribution >= 4 is 33.8 Å². The molecule has 0 spiro atoms. The van der Waals surface area contributed by atoms with Crippen molar-refractivity contribution in [1.29, 1.82) is 0 Å². The molecule has 0 aliphatic carbocycles. The van der Waals surface area contributed by atoms with E-state index >= 15 is 0 Å². The van der Waals surface area contributed by atoms with E-state index in [1.165, 1.54) is 12.1 Å². The van der Waals surface area contributed by atoms with Crippen molar-refractivity contribution in [3.05, 3.63) is 110 Å².